The van der Waals surface area contributed by atoms with Crippen molar-refractivity contribution in [1.29, 1.82) is 0 Å². The number of hydrazine groups is 1. The lowest BCUT2D eigenvalue weighted by molar-refractivity contribution is 0.235. The van der Waals surface area contributed by atoms with Crippen LogP contribution in [0.3, 0.4) is 0 Å². The van der Waals surface area contributed by atoms with E-state index in [0.29, 0.717) is 5.92 Å². The van der Waals surface area contributed by atoms with Crippen LogP contribution in [0.1, 0.15) is 39.5 Å². The molecule has 4 amide bonds. The Hall–Kier alpha value is -1.83. The fraction of sp³-hybridized carbons (Fsp3) is 0.750. The summed E-state index contributed by atoms with van der Waals surface area (Å²) in [6.07, 6.45) is 4.00. The number of amides is 4. The zero-order valence-corrected chi connectivity index (χ0v) is 12.0. The summed E-state index contributed by atoms with van der Waals surface area (Å²) in [4.78, 5) is 21.6. The van der Waals surface area contributed by atoms with Crippen molar-refractivity contribution >= 4 is 17.8 Å². The SMILES string of the molecule is CCC[C@@H]1C/C(=N\NC(N)=O)[C@@H](NNC(N)=O)[C@H](C)C1. The number of hydrogen-bond donors (Lipinski definition) is 5. The van der Waals surface area contributed by atoms with Gasteiger partial charge in [-0.3, -0.25) is 5.43 Å². The lowest BCUT2D eigenvalue weighted by atomic mass is 9.76. The third-order valence-electron chi connectivity index (χ3n) is 3.49. The number of hydrazone groups is 1. The topological polar surface area (TPSA) is 135 Å². The Kier molecular flexibility index (Phi) is 6.23. The highest BCUT2D eigenvalue weighted by Crippen LogP contribution is 2.30. The molecule has 0 aromatic heterocycles. The van der Waals surface area contributed by atoms with E-state index in [1.54, 1.807) is 0 Å². The predicted molar refractivity (Wildman–Crippen MR) is 76.6 cm³/mol. The summed E-state index contributed by atoms with van der Waals surface area (Å²) >= 11 is 0. The zero-order valence-electron chi connectivity index (χ0n) is 12.0. The van der Waals surface area contributed by atoms with Gasteiger partial charge in [0.25, 0.3) is 0 Å². The summed E-state index contributed by atoms with van der Waals surface area (Å²) in [6, 6.07) is -1.53. The molecule has 8 nitrogen and oxygen atoms in total. The van der Waals surface area contributed by atoms with Gasteiger partial charge in [0.05, 0.1) is 11.8 Å². The van der Waals surface area contributed by atoms with Crippen LogP contribution in [0, 0.1) is 11.8 Å². The molecular weight excluding hydrogens is 260 g/mol. The molecule has 0 unspecified atom stereocenters. The summed E-state index contributed by atoms with van der Waals surface area (Å²) in [5, 5.41) is 4.06. The minimum atomic E-state index is -0.704. The Morgan fingerprint density at radius 3 is 2.60 bits per heavy atom. The first kappa shape index (κ1) is 16.2. The van der Waals surface area contributed by atoms with Crippen molar-refractivity contribution in [2.75, 3.05) is 0 Å². The van der Waals surface area contributed by atoms with E-state index in [-0.39, 0.29) is 12.0 Å². The van der Waals surface area contributed by atoms with Crippen molar-refractivity contribution in [1.82, 2.24) is 16.3 Å². The molecule has 8 heteroatoms. The highest BCUT2D eigenvalue weighted by molar-refractivity contribution is 5.92. The number of carbonyl (C=O) groups excluding carboxylic acids is 2. The number of nitrogens with two attached hydrogens (primary N) is 2. The maximum absolute atomic E-state index is 10.8. The summed E-state index contributed by atoms with van der Waals surface area (Å²) in [7, 11) is 0. The molecule has 1 saturated carbocycles. The molecule has 1 rings (SSSR count). The van der Waals surface area contributed by atoms with E-state index in [1.807, 2.05) is 0 Å². The normalized spacial score (nSPS) is 28.1. The first-order chi connectivity index (χ1) is 9.43. The molecule has 0 heterocycles. The Labute approximate surface area is 118 Å². The van der Waals surface area contributed by atoms with Gasteiger partial charge in [-0.1, -0.05) is 26.7 Å². The van der Waals surface area contributed by atoms with Crippen LogP contribution in [0.5, 0.6) is 0 Å². The van der Waals surface area contributed by atoms with Gasteiger partial charge in [0.2, 0.25) is 0 Å². The highest BCUT2D eigenvalue weighted by atomic mass is 16.2. The predicted octanol–water partition coefficient (Wildman–Crippen LogP) is 0.398. The van der Waals surface area contributed by atoms with Crippen LogP contribution >= 0.6 is 0 Å². The second kappa shape index (κ2) is 7.68. The van der Waals surface area contributed by atoms with Crippen molar-refractivity contribution in [3.63, 3.8) is 0 Å². The van der Waals surface area contributed by atoms with Crippen molar-refractivity contribution in [2.45, 2.75) is 45.6 Å². The van der Waals surface area contributed by atoms with Crippen LogP contribution in [0.4, 0.5) is 9.59 Å². The van der Waals surface area contributed by atoms with Crippen LogP contribution in [0.25, 0.3) is 0 Å². The van der Waals surface area contributed by atoms with Gasteiger partial charge in [0.15, 0.2) is 0 Å². The maximum atomic E-state index is 10.8. The molecule has 3 atom stereocenters. The van der Waals surface area contributed by atoms with Gasteiger partial charge in [0.1, 0.15) is 0 Å². The third-order valence-corrected chi connectivity index (χ3v) is 3.49. The fourth-order valence-corrected chi connectivity index (χ4v) is 2.74. The first-order valence-corrected chi connectivity index (χ1v) is 6.86. The van der Waals surface area contributed by atoms with Crippen LogP contribution in [0.2, 0.25) is 0 Å². The highest BCUT2D eigenvalue weighted by Gasteiger charge is 2.32. The Balaban J connectivity index is 2.78. The molecule has 20 heavy (non-hydrogen) atoms. The van der Waals surface area contributed by atoms with E-state index >= 15 is 0 Å². The van der Waals surface area contributed by atoms with Crippen molar-refractivity contribution in [2.24, 2.45) is 28.4 Å². The molecule has 7 N–H and O–H groups in total. The van der Waals surface area contributed by atoms with Crippen molar-refractivity contribution in [3.05, 3.63) is 0 Å². The van der Waals surface area contributed by atoms with E-state index in [2.05, 4.69) is 35.2 Å². The van der Waals surface area contributed by atoms with Crippen LogP contribution in [0.15, 0.2) is 5.10 Å². The van der Waals surface area contributed by atoms with Gasteiger partial charge in [-0.2, -0.15) is 5.10 Å². The molecule has 0 aromatic carbocycles. The minimum absolute atomic E-state index is 0.164. The average Bonchev–Trinajstić information content (AvgIpc) is 2.35. The molecule has 1 aliphatic carbocycles. The lowest BCUT2D eigenvalue weighted by Crippen LogP contribution is -2.55. The molecule has 0 aromatic rings. The lowest BCUT2D eigenvalue weighted by Gasteiger charge is -2.35. The Morgan fingerprint density at radius 2 is 2.05 bits per heavy atom. The second-order valence-corrected chi connectivity index (χ2v) is 5.26. The van der Waals surface area contributed by atoms with E-state index in [9.17, 15) is 9.59 Å². The largest absolute Gasteiger partial charge is 0.351 e. The van der Waals surface area contributed by atoms with Gasteiger partial charge in [-0.05, 0) is 24.7 Å². The van der Waals surface area contributed by atoms with Crippen LogP contribution in [-0.2, 0) is 0 Å². The fourth-order valence-electron chi connectivity index (χ4n) is 2.74. The molecule has 0 saturated heterocycles. The molecule has 1 aliphatic rings. The van der Waals surface area contributed by atoms with Crippen LogP contribution in [-0.4, -0.2) is 23.8 Å². The smallest absolute Gasteiger partial charge is 0.332 e. The van der Waals surface area contributed by atoms with Gasteiger partial charge in [-0.25, -0.2) is 20.4 Å². The summed E-state index contributed by atoms with van der Waals surface area (Å²) in [5.41, 5.74) is 18.4. The molecular formula is C12H24N6O2. The number of urea groups is 2. The Morgan fingerprint density at radius 1 is 1.35 bits per heavy atom. The molecule has 0 aliphatic heterocycles. The average molecular weight is 284 g/mol. The maximum Gasteiger partial charge on any atom is 0.332 e. The van der Waals surface area contributed by atoms with Crippen LogP contribution < -0.4 is 27.7 Å². The number of carbonyl (C=O) groups is 2. The summed E-state index contributed by atoms with van der Waals surface area (Å²) < 4.78 is 0. The summed E-state index contributed by atoms with van der Waals surface area (Å²) in [5.74, 6) is 0.788. The van der Waals surface area contributed by atoms with Gasteiger partial charge in [0, 0.05) is 0 Å². The van der Waals surface area contributed by atoms with Crippen molar-refractivity contribution in [3.8, 4) is 0 Å². The quantitative estimate of drug-likeness (QED) is 0.467. The van der Waals surface area contributed by atoms with Crippen molar-refractivity contribution < 1.29 is 9.59 Å². The molecule has 0 spiro atoms. The second-order valence-electron chi connectivity index (χ2n) is 5.26. The monoisotopic (exact) mass is 284 g/mol. The standard InChI is InChI=1S/C12H24N6O2/c1-3-4-8-5-7(2)10(16-18-12(14)20)9(6-8)15-17-11(13)19/h7-8,10,16H,3-6H2,1-2H3,(H3,13,17,19)(H3,14,18,20)/b15-9+/t7-,8+,10+/m1/s1. The van der Waals surface area contributed by atoms with E-state index in [4.69, 9.17) is 11.5 Å². The molecule has 1 fully saturated rings. The number of nitrogens with zero attached hydrogens (tertiary/aromatic N) is 1. The zero-order chi connectivity index (χ0) is 15.1. The number of hydrogen-bond acceptors (Lipinski definition) is 4. The number of primary amides is 2. The van der Waals surface area contributed by atoms with E-state index in [0.717, 1.165) is 31.4 Å². The van der Waals surface area contributed by atoms with Gasteiger partial charge >= 0.3 is 12.1 Å². The minimum Gasteiger partial charge on any atom is -0.351 e. The molecule has 0 bridgehead atoms. The molecule has 0 radical (unpaired) electrons. The first-order valence-electron chi connectivity index (χ1n) is 6.86. The van der Waals surface area contributed by atoms with Gasteiger partial charge in [-0.15, -0.1) is 0 Å². The summed E-state index contributed by atoms with van der Waals surface area (Å²) in [6.45, 7) is 4.21. The van der Waals surface area contributed by atoms with E-state index in [1.165, 1.54) is 0 Å². The van der Waals surface area contributed by atoms with Gasteiger partial charge < -0.3 is 11.5 Å². The van der Waals surface area contributed by atoms with E-state index < -0.39 is 12.1 Å². The number of rotatable bonds is 5. The Bertz CT molecular complexity index is 384. The number of nitrogens with one attached hydrogen (secondary N) is 3. The molecule has 114 valence electrons. The third kappa shape index (κ3) is 5.04.